The third-order valence-electron chi connectivity index (χ3n) is 9.77. The van der Waals surface area contributed by atoms with Crippen LogP contribution in [0.4, 0.5) is 0 Å². The van der Waals surface area contributed by atoms with Crippen LogP contribution in [0.15, 0.2) is 22.8 Å². The first-order valence-corrected chi connectivity index (χ1v) is 12.9. The van der Waals surface area contributed by atoms with E-state index < -0.39 is 0 Å². The minimum Gasteiger partial charge on any atom is -0.393 e. The lowest BCUT2D eigenvalue weighted by Crippen LogP contribution is -2.49. The van der Waals surface area contributed by atoms with Gasteiger partial charge in [-0.25, -0.2) is 0 Å². The van der Waals surface area contributed by atoms with Crippen molar-refractivity contribution in [3.05, 3.63) is 22.8 Å². The second-order valence-corrected chi connectivity index (χ2v) is 11.8. The maximum atomic E-state index is 13.3. The molecule has 0 unspecified atom stereocenters. The lowest BCUT2D eigenvalue weighted by atomic mass is 9.47. The van der Waals surface area contributed by atoms with Crippen LogP contribution in [0, 0.1) is 28.6 Å². The van der Waals surface area contributed by atoms with Crippen LogP contribution in [0.5, 0.6) is 0 Å². The number of carbonyl (C=O) groups excluding carboxylic acids is 3. The summed E-state index contributed by atoms with van der Waals surface area (Å²) in [4.78, 5) is 37.7. The van der Waals surface area contributed by atoms with E-state index in [1.54, 1.807) is 0 Å². The molecule has 0 aliphatic heterocycles. The summed E-state index contributed by atoms with van der Waals surface area (Å²) in [7, 11) is 0. The van der Waals surface area contributed by atoms with Crippen LogP contribution in [0.3, 0.4) is 0 Å². The number of ketones is 2. The van der Waals surface area contributed by atoms with Crippen molar-refractivity contribution >= 4 is 17.5 Å². The number of hydrogen-bond acceptors (Lipinski definition) is 4. The molecule has 5 heteroatoms. The van der Waals surface area contributed by atoms with E-state index in [4.69, 9.17) is 0 Å². The standard InChI is InChI=1S/C28H41NO4/c1-16(29-18(3)30)6-9-24(32)17(2)26-25(33)15-23-21-8-7-19-14-20(31)10-12-27(19,4)22(21)11-13-28(23,26)5/h7,16,20-23,31H,6,8-15H2,1-5H3,(H,29,30)/b26-17+/t16-,20+,21-,22+,23+,27+,28+/m1/s1. The monoisotopic (exact) mass is 455 g/mol. The Morgan fingerprint density at radius 1 is 1.12 bits per heavy atom. The van der Waals surface area contributed by atoms with Crippen molar-refractivity contribution in [2.24, 2.45) is 28.6 Å². The molecule has 4 rings (SSSR count). The van der Waals surface area contributed by atoms with Crippen molar-refractivity contribution in [3.8, 4) is 0 Å². The van der Waals surface area contributed by atoms with Gasteiger partial charge in [-0.05, 0) is 93.0 Å². The normalized spacial score (nSPS) is 40.2. The van der Waals surface area contributed by atoms with Crippen LogP contribution in [-0.2, 0) is 14.4 Å². The molecule has 5 nitrogen and oxygen atoms in total. The molecular formula is C28H41NO4. The first-order valence-electron chi connectivity index (χ1n) is 12.9. The van der Waals surface area contributed by atoms with Crippen molar-refractivity contribution in [2.75, 3.05) is 0 Å². The van der Waals surface area contributed by atoms with Crippen LogP contribution in [0.2, 0.25) is 0 Å². The van der Waals surface area contributed by atoms with Crippen LogP contribution >= 0.6 is 0 Å². The van der Waals surface area contributed by atoms with Gasteiger partial charge in [0.25, 0.3) is 0 Å². The maximum absolute atomic E-state index is 13.3. The number of nitrogens with one attached hydrogen (secondary N) is 1. The smallest absolute Gasteiger partial charge is 0.217 e. The van der Waals surface area contributed by atoms with Gasteiger partial charge in [-0.2, -0.15) is 0 Å². The van der Waals surface area contributed by atoms with Gasteiger partial charge in [0.05, 0.1) is 6.10 Å². The molecule has 0 saturated heterocycles. The summed E-state index contributed by atoms with van der Waals surface area (Å²) in [6.07, 6.45) is 9.39. The Kier molecular flexibility index (Phi) is 6.50. The molecule has 7 atom stereocenters. The van der Waals surface area contributed by atoms with Gasteiger partial charge in [-0.3, -0.25) is 14.4 Å². The van der Waals surface area contributed by atoms with E-state index in [2.05, 4.69) is 25.2 Å². The van der Waals surface area contributed by atoms with E-state index in [1.165, 1.54) is 12.5 Å². The van der Waals surface area contributed by atoms with Crippen molar-refractivity contribution < 1.29 is 19.5 Å². The van der Waals surface area contributed by atoms with Crippen molar-refractivity contribution in [1.82, 2.24) is 5.32 Å². The summed E-state index contributed by atoms with van der Waals surface area (Å²) < 4.78 is 0. The zero-order valence-electron chi connectivity index (χ0n) is 21.0. The van der Waals surface area contributed by atoms with Gasteiger partial charge in [0.1, 0.15) is 0 Å². The Morgan fingerprint density at radius 3 is 2.52 bits per heavy atom. The highest BCUT2D eigenvalue weighted by Crippen LogP contribution is 2.65. The quantitative estimate of drug-likeness (QED) is 0.466. The minimum atomic E-state index is -0.225. The fourth-order valence-corrected chi connectivity index (χ4v) is 8.00. The van der Waals surface area contributed by atoms with E-state index in [1.807, 2.05) is 13.8 Å². The summed E-state index contributed by atoms with van der Waals surface area (Å²) >= 11 is 0. The van der Waals surface area contributed by atoms with Crippen LogP contribution in [-0.4, -0.2) is 34.7 Å². The Morgan fingerprint density at radius 2 is 1.82 bits per heavy atom. The van der Waals surface area contributed by atoms with Gasteiger partial charge in [0.15, 0.2) is 11.6 Å². The van der Waals surface area contributed by atoms with E-state index in [-0.39, 0.29) is 40.4 Å². The van der Waals surface area contributed by atoms with Crippen LogP contribution in [0.25, 0.3) is 0 Å². The molecule has 3 fully saturated rings. The van der Waals surface area contributed by atoms with Gasteiger partial charge in [0, 0.05) is 31.4 Å². The number of rotatable bonds is 5. The first-order chi connectivity index (χ1) is 15.5. The third-order valence-corrected chi connectivity index (χ3v) is 9.77. The number of fused-ring (bicyclic) bond motifs is 5. The summed E-state index contributed by atoms with van der Waals surface area (Å²) in [5, 5.41) is 13.0. The first kappa shape index (κ1) is 24.4. The molecule has 4 aliphatic rings. The predicted molar refractivity (Wildman–Crippen MR) is 128 cm³/mol. The molecule has 33 heavy (non-hydrogen) atoms. The van der Waals surface area contributed by atoms with Gasteiger partial charge in [-0.1, -0.05) is 25.5 Å². The maximum Gasteiger partial charge on any atom is 0.217 e. The molecule has 0 radical (unpaired) electrons. The van der Waals surface area contributed by atoms with E-state index in [0.29, 0.717) is 42.6 Å². The highest BCUT2D eigenvalue weighted by atomic mass is 16.3. The number of Topliss-reactive ketones (excluding diaryl/α,β-unsaturated/α-hetero) is 2. The molecule has 0 aromatic heterocycles. The highest BCUT2D eigenvalue weighted by Gasteiger charge is 2.59. The summed E-state index contributed by atoms with van der Waals surface area (Å²) in [6, 6.07) is -0.0553. The van der Waals surface area contributed by atoms with Gasteiger partial charge in [0.2, 0.25) is 5.91 Å². The van der Waals surface area contributed by atoms with Crippen molar-refractivity contribution in [2.45, 2.75) is 105 Å². The summed E-state index contributed by atoms with van der Waals surface area (Å²) in [6.45, 7) is 9.87. The largest absolute Gasteiger partial charge is 0.393 e. The lowest BCUT2D eigenvalue weighted by molar-refractivity contribution is -0.120. The van der Waals surface area contributed by atoms with E-state index in [9.17, 15) is 19.5 Å². The molecule has 182 valence electrons. The third kappa shape index (κ3) is 4.15. The molecule has 0 heterocycles. The Labute approximate surface area is 198 Å². The number of allylic oxidation sites excluding steroid dienone is 3. The zero-order chi connectivity index (χ0) is 24.1. The number of aliphatic hydroxyl groups is 1. The number of aliphatic hydroxyl groups excluding tert-OH is 1. The summed E-state index contributed by atoms with van der Waals surface area (Å²) in [5.74, 6) is 1.44. The number of amides is 1. The molecule has 0 aromatic carbocycles. The zero-order valence-corrected chi connectivity index (χ0v) is 21.0. The Bertz CT molecular complexity index is 917. The lowest BCUT2D eigenvalue weighted by Gasteiger charge is -2.57. The predicted octanol–water partition coefficient (Wildman–Crippen LogP) is 4.68. The number of carbonyl (C=O) groups is 3. The molecule has 3 saturated carbocycles. The van der Waals surface area contributed by atoms with Gasteiger partial charge >= 0.3 is 0 Å². The van der Waals surface area contributed by atoms with Crippen molar-refractivity contribution in [1.29, 1.82) is 0 Å². The molecule has 4 aliphatic carbocycles. The second kappa shape index (κ2) is 8.79. The fraction of sp³-hybridized carbons (Fsp3) is 0.750. The minimum absolute atomic E-state index is 0.0404. The average molecular weight is 456 g/mol. The van der Waals surface area contributed by atoms with Gasteiger partial charge in [-0.15, -0.1) is 0 Å². The molecule has 0 spiro atoms. The van der Waals surface area contributed by atoms with Crippen LogP contribution < -0.4 is 5.32 Å². The number of hydrogen-bond donors (Lipinski definition) is 2. The summed E-state index contributed by atoms with van der Waals surface area (Å²) in [5.41, 5.74) is 2.80. The Hall–Kier alpha value is -1.75. The molecule has 0 bridgehead atoms. The Balaban J connectivity index is 1.56. The van der Waals surface area contributed by atoms with Crippen molar-refractivity contribution in [3.63, 3.8) is 0 Å². The molecule has 1 amide bonds. The highest BCUT2D eigenvalue weighted by molar-refractivity contribution is 6.08. The fourth-order valence-electron chi connectivity index (χ4n) is 8.00. The average Bonchev–Trinajstić information content (AvgIpc) is 3.01. The van der Waals surface area contributed by atoms with E-state index >= 15 is 0 Å². The molecule has 2 N–H and O–H groups in total. The van der Waals surface area contributed by atoms with Crippen LogP contribution in [0.1, 0.15) is 92.4 Å². The van der Waals surface area contributed by atoms with Gasteiger partial charge < -0.3 is 10.4 Å². The topological polar surface area (TPSA) is 83.5 Å². The second-order valence-electron chi connectivity index (χ2n) is 11.8. The SMILES string of the molecule is CC(=O)N[C@H](C)CCC(=O)/C(C)=C1\C(=O)C[C@H]2[C@@H]3CC=C4C[C@@H](O)CC[C@]4(C)[C@H]3CC[C@]12C. The molecule has 0 aromatic rings. The van der Waals surface area contributed by atoms with E-state index in [0.717, 1.165) is 44.1 Å². The molecular weight excluding hydrogens is 414 g/mol.